The highest BCUT2D eigenvalue weighted by atomic mass is 16.5. The molecule has 1 heterocycles. The number of amides is 2. The topological polar surface area (TPSA) is 67.9 Å². The molecule has 0 saturated heterocycles. The summed E-state index contributed by atoms with van der Waals surface area (Å²) in [5.41, 5.74) is 3.24. The van der Waals surface area contributed by atoms with Crippen molar-refractivity contribution in [2.75, 3.05) is 32.7 Å². The van der Waals surface area contributed by atoms with Gasteiger partial charge < -0.3 is 14.8 Å². The van der Waals surface area contributed by atoms with Crippen LogP contribution in [-0.4, -0.2) is 44.1 Å². The van der Waals surface area contributed by atoms with E-state index in [9.17, 15) is 9.59 Å². The molecule has 0 saturated carbocycles. The fourth-order valence-corrected chi connectivity index (χ4v) is 3.30. The van der Waals surface area contributed by atoms with E-state index in [4.69, 9.17) is 9.47 Å². The minimum atomic E-state index is -0.359. The molecular formula is C24H28N2O4. The van der Waals surface area contributed by atoms with Gasteiger partial charge in [-0.25, -0.2) is 0 Å². The summed E-state index contributed by atoms with van der Waals surface area (Å²) in [6, 6.07) is 15.0. The Bertz CT molecular complexity index is 954. The van der Waals surface area contributed by atoms with Crippen molar-refractivity contribution in [3.05, 3.63) is 65.4 Å². The standard InChI is InChI=1S/C24H28N2O4/c1-24(2,3)17-8-10-18(11-9-17)25-21-20(16-6-12-19(30-5)13-7-16)22(27)26(23(21)28)14-15-29-4/h6-13,25H,14-15H2,1-5H3. The number of carbonyl (C=O) groups is 2. The van der Waals surface area contributed by atoms with Crippen molar-refractivity contribution in [3.8, 4) is 5.75 Å². The lowest BCUT2D eigenvalue weighted by Crippen LogP contribution is -2.35. The van der Waals surface area contributed by atoms with Crippen molar-refractivity contribution in [2.45, 2.75) is 26.2 Å². The molecule has 0 atom stereocenters. The van der Waals surface area contributed by atoms with Gasteiger partial charge >= 0.3 is 0 Å². The van der Waals surface area contributed by atoms with E-state index in [2.05, 4.69) is 26.1 Å². The third-order valence-electron chi connectivity index (χ3n) is 5.09. The van der Waals surface area contributed by atoms with Gasteiger partial charge in [0, 0.05) is 12.8 Å². The first-order valence-corrected chi connectivity index (χ1v) is 9.87. The summed E-state index contributed by atoms with van der Waals surface area (Å²) in [7, 11) is 3.12. The van der Waals surface area contributed by atoms with Crippen LogP contribution in [0.3, 0.4) is 0 Å². The number of carbonyl (C=O) groups excluding carboxylic acids is 2. The van der Waals surface area contributed by atoms with Crippen LogP contribution in [0.15, 0.2) is 54.2 Å². The molecule has 2 aromatic carbocycles. The molecule has 1 aliphatic rings. The molecule has 2 amide bonds. The number of benzene rings is 2. The van der Waals surface area contributed by atoms with Crippen LogP contribution in [-0.2, 0) is 19.7 Å². The quantitative estimate of drug-likeness (QED) is 0.705. The second-order valence-electron chi connectivity index (χ2n) is 8.19. The van der Waals surface area contributed by atoms with E-state index in [-0.39, 0.29) is 36.1 Å². The van der Waals surface area contributed by atoms with Crippen molar-refractivity contribution in [2.24, 2.45) is 0 Å². The second kappa shape index (κ2) is 8.71. The van der Waals surface area contributed by atoms with Gasteiger partial charge in [-0.05, 0) is 40.8 Å². The summed E-state index contributed by atoms with van der Waals surface area (Å²) in [4.78, 5) is 27.4. The van der Waals surface area contributed by atoms with E-state index in [1.54, 1.807) is 38.5 Å². The maximum absolute atomic E-state index is 13.1. The molecule has 0 bridgehead atoms. The molecule has 0 fully saturated rings. The number of ether oxygens (including phenoxy) is 2. The molecule has 3 rings (SSSR count). The normalized spacial score (nSPS) is 14.5. The van der Waals surface area contributed by atoms with Crippen LogP contribution < -0.4 is 10.1 Å². The lowest BCUT2D eigenvalue weighted by Gasteiger charge is -2.19. The number of hydrogen-bond donors (Lipinski definition) is 1. The lowest BCUT2D eigenvalue weighted by atomic mass is 9.87. The van der Waals surface area contributed by atoms with E-state index in [0.29, 0.717) is 16.9 Å². The predicted molar refractivity (Wildman–Crippen MR) is 117 cm³/mol. The average Bonchev–Trinajstić information content (AvgIpc) is 2.95. The van der Waals surface area contributed by atoms with Gasteiger partial charge in [0.25, 0.3) is 11.8 Å². The molecular weight excluding hydrogens is 380 g/mol. The molecule has 2 aromatic rings. The second-order valence-corrected chi connectivity index (χ2v) is 8.19. The van der Waals surface area contributed by atoms with E-state index in [1.807, 2.05) is 24.3 Å². The molecule has 0 radical (unpaired) electrons. The van der Waals surface area contributed by atoms with Gasteiger partial charge in [-0.1, -0.05) is 45.0 Å². The third-order valence-corrected chi connectivity index (χ3v) is 5.09. The van der Waals surface area contributed by atoms with Crippen LogP contribution >= 0.6 is 0 Å². The zero-order chi connectivity index (χ0) is 21.9. The van der Waals surface area contributed by atoms with Crippen LogP contribution in [0, 0.1) is 0 Å². The Labute approximate surface area is 177 Å². The summed E-state index contributed by atoms with van der Waals surface area (Å²) in [5, 5.41) is 3.18. The maximum atomic E-state index is 13.1. The summed E-state index contributed by atoms with van der Waals surface area (Å²) in [5.74, 6) is -0.0153. The molecule has 0 spiro atoms. The van der Waals surface area contributed by atoms with Gasteiger partial charge in [-0.15, -0.1) is 0 Å². The first kappa shape index (κ1) is 21.6. The van der Waals surface area contributed by atoms with Crippen molar-refractivity contribution in [3.63, 3.8) is 0 Å². The zero-order valence-corrected chi connectivity index (χ0v) is 18.1. The largest absolute Gasteiger partial charge is 0.497 e. The number of hydrogen-bond acceptors (Lipinski definition) is 5. The molecule has 0 unspecified atom stereocenters. The van der Waals surface area contributed by atoms with Gasteiger partial charge in [-0.3, -0.25) is 14.5 Å². The van der Waals surface area contributed by atoms with E-state index < -0.39 is 0 Å². The SMILES string of the molecule is COCCN1C(=O)C(Nc2ccc(C(C)(C)C)cc2)=C(c2ccc(OC)cc2)C1=O. The van der Waals surface area contributed by atoms with Gasteiger partial charge in [-0.2, -0.15) is 0 Å². The first-order valence-electron chi connectivity index (χ1n) is 9.87. The van der Waals surface area contributed by atoms with Crippen molar-refractivity contribution in [1.29, 1.82) is 0 Å². The third kappa shape index (κ3) is 4.39. The van der Waals surface area contributed by atoms with Crippen LogP contribution in [0.4, 0.5) is 5.69 Å². The molecule has 0 aromatic heterocycles. The summed E-state index contributed by atoms with van der Waals surface area (Å²) in [6.07, 6.45) is 0. The highest BCUT2D eigenvalue weighted by molar-refractivity contribution is 6.36. The number of nitrogens with zero attached hydrogens (tertiary/aromatic N) is 1. The molecule has 1 N–H and O–H groups in total. The number of methoxy groups -OCH3 is 2. The minimum absolute atomic E-state index is 0.0299. The molecule has 1 aliphatic heterocycles. The summed E-state index contributed by atoms with van der Waals surface area (Å²) in [6.45, 7) is 6.91. The Kier molecular flexibility index (Phi) is 6.27. The van der Waals surface area contributed by atoms with Gasteiger partial charge in [0.1, 0.15) is 11.4 Å². The highest BCUT2D eigenvalue weighted by Crippen LogP contribution is 2.32. The fourth-order valence-electron chi connectivity index (χ4n) is 3.30. The Hall–Kier alpha value is -3.12. The monoisotopic (exact) mass is 408 g/mol. The molecule has 30 heavy (non-hydrogen) atoms. The number of nitrogens with one attached hydrogen (secondary N) is 1. The molecule has 158 valence electrons. The van der Waals surface area contributed by atoms with Crippen molar-refractivity contribution >= 4 is 23.1 Å². The van der Waals surface area contributed by atoms with Gasteiger partial charge in [0.2, 0.25) is 0 Å². The number of rotatable bonds is 7. The fraction of sp³-hybridized carbons (Fsp3) is 0.333. The Morgan fingerprint density at radius 3 is 2.07 bits per heavy atom. The van der Waals surface area contributed by atoms with E-state index >= 15 is 0 Å². The first-order chi connectivity index (χ1) is 14.3. The van der Waals surface area contributed by atoms with Crippen LogP contribution in [0.2, 0.25) is 0 Å². The molecule has 6 heteroatoms. The zero-order valence-electron chi connectivity index (χ0n) is 18.1. The lowest BCUT2D eigenvalue weighted by molar-refractivity contribution is -0.137. The highest BCUT2D eigenvalue weighted by Gasteiger charge is 2.39. The Morgan fingerprint density at radius 2 is 1.53 bits per heavy atom. The van der Waals surface area contributed by atoms with Gasteiger partial charge in [0.05, 0.1) is 25.8 Å². The Balaban J connectivity index is 1.99. The predicted octanol–water partition coefficient (Wildman–Crippen LogP) is 3.83. The Morgan fingerprint density at radius 1 is 0.900 bits per heavy atom. The van der Waals surface area contributed by atoms with Crippen LogP contribution in [0.5, 0.6) is 5.75 Å². The molecule has 0 aliphatic carbocycles. The van der Waals surface area contributed by atoms with Crippen LogP contribution in [0.1, 0.15) is 31.9 Å². The van der Waals surface area contributed by atoms with Crippen molar-refractivity contribution in [1.82, 2.24) is 4.90 Å². The van der Waals surface area contributed by atoms with Crippen LogP contribution in [0.25, 0.3) is 5.57 Å². The average molecular weight is 408 g/mol. The van der Waals surface area contributed by atoms with E-state index in [1.165, 1.54) is 10.5 Å². The molecule has 6 nitrogen and oxygen atoms in total. The van der Waals surface area contributed by atoms with Crippen molar-refractivity contribution < 1.29 is 19.1 Å². The smallest absolute Gasteiger partial charge is 0.278 e. The summed E-state index contributed by atoms with van der Waals surface area (Å²) < 4.78 is 10.3. The summed E-state index contributed by atoms with van der Waals surface area (Å²) >= 11 is 0. The van der Waals surface area contributed by atoms with Gasteiger partial charge in [0.15, 0.2) is 0 Å². The van der Waals surface area contributed by atoms with E-state index in [0.717, 1.165) is 5.69 Å². The number of anilines is 1. The number of imide groups is 1. The minimum Gasteiger partial charge on any atom is -0.497 e. The maximum Gasteiger partial charge on any atom is 0.278 e.